The number of para-hydroxylation sites is 1. The summed E-state index contributed by atoms with van der Waals surface area (Å²) in [5, 5.41) is 16.3. The molecule has 3 nitrogen and oxygen atoms in total. The van der Waals surface area contributed by atoms with E-state index in [0.29, 0.717) is 0 Å². The molecule has 0 aliphatic heterocycles. The monoisotopic (exact) mass is 579 g/mol. The van der Waals surface area contributed by atoms with Crippen LogP contribution < -0.4 is 20.7 Å². The number of aromatic nitrogens is 3. The van der Waals surface area contributed by atoms with Crippen molar-refractivity contribution in [2.45, 2.75) is 0 Å². The van der Waals surface area contributed by atoms with Gasteiger partial charge in [0.05, 0.1) is 23.4 Å². The fourth-order valence-electron chi connectivity index (χ4n) is 6.79. The average molecular weight is 580 g/mol. The van der Waals surface area contributed by atoms with Crippen molar-refractivity contribution in [2.24, 2.45) is 0 Å². The van der Waals surface area contributed by atoms with Gasteiger partial charge in [0, 0.05) is 16.5 Å². The normalized spacial score (nSPS) is 11.6. The summed E-state index contributed by atoms with van der Waals surface area (Å²) in [5.41, 5.74) is 5.75. The van der Waals surface area contributed by atoms with Crippen LogP contribution in [0.2, 0.25) is 0 Å². The van der Waals surface area contributed by atoms with Crippen LogP contribution in [0.3, 0.4) is 0 Å². The maximum Gasteiger partial charge on any atom is 0.179 e. The minimum absolute atomic E-state index is 1.05. The molecule has 4 heteroatoms. The van der Waals surface area contributed by atoms with E-state index in [1.54, 1.807) is 0 Å². The summed E-state index contributed by atoms with van der Waals surface area (Å²) in [6.07, 6.45) is 3.78. The Balaban J connectivity index is 1.44. The van der Waals surface area contributed by atoms with Gasteiger partial charge in [0.2, 0.25) is 0 Å². The second-order valence-corrected chi connectivity index (χ2v) is 14.9. The van der Waals surface area contributed by atoms with Gasteiger partial charge in [0.15, 0.2) is 8.07 Å². The van der Waals surface area contributed by atoms with Crippen LogP contribution >= 0.6 is 0 Å². The van der Waals surface area contributed by atoms with Crippen LogP contribution in [-0.4, -0.2) is 22.8 Å². The number of hydrogen-bond acceptors (Lipinski definition) is 2. The van der Waals surface area contributed by atoms with Crippen molar-refractivity contribution >= 4 is 50.6 Å². The zero-order chi connectivity index (χ0) is 29.3. The van der Waals surface area contributed by atoms with E-state index in [0.717, 1.165) is 22.1 Å². The lowest BCUT2D eigenvalue weighted by atomic mass is 10.1. The lowest BCUT2D eigenvalue weighted by molar-refractivity contribution is 1.04. The first kappa shape index (κ1) is 26.1. The van der Waals surface area contributed by atoms with Crippen LogP contribution in [0.1, 0.15) is 0 Å². The minimum atomic E-state index is -2.74. The van der Waals surface area contributed by atoms with Gasteiger partial charge in [0.25, 0.3) is 0 Å². The second kappa shape index (κ2) is 10.9. The average Bonchev–Trinajstić information content (AvgIpc) is 3.44. The van der Waals surface area contributed by atoms with Gasteiger partial charge in [-0.05, 0) is 50.1 Å². The Labute approximate surface area is 257 Å². The molecule has 0 aliphatic carbocycles. The molecule has 0 unspecified atom stereocenters. The molecule has 0 amide bonds. The molecule has 0 N–H and O–H groups in total. The molecule has 0 spiro atoms. The SMILES string of the molecule is c1ccc(-c2ccc([Si](c3ccccc3)(c3ccccc3)c3ccc4c(c3)c3cnncc3n4-c3ccccc3)cc2)cc1. The van der Waals surface area contributed by atoms with Crippen molar-refractivity contribution in [3.05, 3.63) is 176 Å². The molecule has 2 aromatic heterocycles. The molecule has 0 saturated heterocycles. The molecule has 0 saturated carbocycles. The number of benzene rings is 6. The van der Waals surface area contributed by atoms with Crippen LogP contribution in [0.25, 0.3) is 38.6 Å². The molecule has 0 fully saturated rings. The molecule has 0 aliphatic rings. The number of hydrogen-bond donors (Lipinski definition) is 0. The Bertz CT molecular complexity index is 2150. The first-order chi connectivity index (χ1) is 21.8. The van der Waals surface area contributed by atoms with Gasteiger partial charge < -0.3 is 4.57 Å². The standard InChI is InChI=1S/C40H29N3Si/c1-5-13-30(14-6-1)31-21-23-35(24-22-31)44(33-17-9-3-10-18-33,34-19-11-4-12-20-34)36-25-26-39-37(27-36)38-28-41-42-29-40(38)43(39)32-15-7-2-8-16-32/h1-29H. The van der Waals surface area contributed by atoms with Gasteiger partial charge in [0.1, 0.15) is 0 Å². The summed E-state index contributed by atoms with van der Waals surface area (Å²) >= 11 is 0. The maximum absolute atomic E-state index is 4.32. The highest BCUT2D eigenvalue weighted by Crippen LogP contribution is 2.31. The molecule has 2 heterocycles. The minimum Gasteiger partial charge on any atom is -0.308 e. The first-order valence-electron chi connectivity index (χ1n) is 14.9. The van der Waals surface area contributed by atoms with Gasteiger partial charge >= 0.3 is 0 Å². The predicted molar refractivity (Wildman–Crippen MR) is 185 cm³/mol. The molecule has 8 rings (SSSR count). The summed E-state index contributed by atoms with van der Waals surface area (Å²) in [4.78, 5) is 0. The Kier molecular flexibility index (Phi) is 6.47. The molecule has 0 bridgehead atoms. The molecule has 8 aromatic rings. The van der Waals surface area contributed by atoms with Crippen LogP contribution in [0.15, 0.2) is 176 Å². The third-order valence-corrected chi connectivity index (χ3v) is 13.5. The topological polar surface area (TPSA) is 30.7 Å². The molecule has 44 heavy (non-hydrogen) atoms. The molecular formula is C40H29N3Si. The molecule has 0 atom stereocenters. The van der Waals surface area contributed by atoms with E-state index in [1.807, 2.05) is 12.4 Å². The van der Waals surface area contributed by atoms with E-state index < -0.39 is 8.07 Å². The molecule has 208 valence electrons. The first-order valence-corrected chi connectivity index (χ1v) is 16.9. The highest BCUT2D eigenvalue weighted by Gasteiger charge is 2.41. The smallest absolute Gasteiger partial charge is 0.179 e. The van der Waals surface area contributed by atoms with E-state index in [2.05, 4.69) is 179 Å². The van der Waals surface area contributed by atoms with E-state index in [-0.39, 0.29) is 0 Å². The van der Waals surface area contributed by atoms with Crippen molar-refractivity contribution in [2.75, 3.05) is 0 Å². The fraction of sp³-hybridized carbons (Fsp3) is 0. The van der Waals surface area contributed by atoms with E-state index >= 15 is 0 Å². The van der Waals surface area contributed by atoms with Crippen molar-refractivity contribution in [1.29, 1.82) is 0 Å². The molecular weight excluding hydrogens is 551 g/mol. The maximum atomic E-state index is 4.32. The quantitative estimate of drug-likeness (QED) is 0.164. The van der Waals surface area contributed by atoms with Gasteiger partial charge in [-0.1, -0.05) is 146 Å². The summed E-state index contributed by atoms with van der Waals surface area (Å²) in [6, 6.07) is 59.7. The lowest BCUT2D eigenvalue weighted by Crippen LogP contribution is -2.74. The Morgan fingerprint density at radius 2 is 0.886 bits per heavy atom. The predicted octanol–water partition coefficient (Wildman–Crippen LogP) is 6.62. The summed E-state index contributed by atoms with van der Waals surface area (Å²) in [5.74, 6) is 0. The van der Waals surface area contributed by atoms with Gasteiger partial charge in [-0.25, -0.2) is 0 Å². The third-order valence-electron chi connectivity index (χ3n) is 8.76. The van der Waals surface area contributed by atoms with Crippen LogP contribution in [0.5, 0.6) is 0 Å². The zero-order valence-corrected chi connectivity index (χ0v) is 25.1. The summed E-state index contributed by atoms with van der Waals surface area (Å²) < 4.78 is 2.30. The fourth-order valence-corrected chi connectivity index (χ4v) is 11.5. The Hall–Kier alpha value is -5.58. The van der Waals surface area contributed by atoms with Gasteiger partial charge in [-0.15, -0.1) is 0 Å². The highest BCUT2D eigenvalue weighted by atomic mass is 28.3. The second-order valence-electron chi connectivity index (χ2n) is 11.1. The van der Waals surface area contributed by atoms with Gasteiger partial charge in [-0.3, -0.25) is 0 Å². The van der Waals surface area contributed by atoms with Crippen molar-refractivity contribution in [1.82, 2.24) is 14.8 Å². The van der Waals surface area contributed by atoms with Crippen LogP contribution in [0.4, 0.5) is 0 Å². The number of fused-ring (bicyclic) bond motifs is 3. The molecule has 6 aromatic carbocycles. The Morgan fingerprint density at radius 1 is 0.386 bits per heavy atom. The van der Waals surface area contributed by atoms with Crippen molar-refractivity contribution in [3.8, 4) is 16.8 Å². The van der Waals surface area contributed by atoms with Crippen LogP contribution in [-0.2, 0) is 0 Å². The molecule has 0 radical (unpaired) electrons. The summed E-state index contributed by atoms with van der Waals surface area (Å²) in [6.45, 7) is 0. The Morgan fingerprint density at radius 3 is 1.52 bits per heavy atom. The summed E-state index contributed by atoms with van der Waals surface area (Å²) in [7, 11) is -2.74. The largest absolute Gasteiger partial charge is 0.308 e. The van der Waals surface area contributed by atoms with Gasteiger partial charge in [-0.2, -0.15) is 10.2 Å². The highest BCUT2D eigenvalue weighted by molar-refractivity contribution is 7.20. The zero-order valence-electron chi connectivity index (χ0n) is 24.1. The van der Waals surface area contributed by atoms with E-state index in [4.69, 9.17) is 0 Å². The number of nitrogens with zero attached hydrogens (tertiary/aromatic N) is 3. The van der Waals surface area contributed by atoms with E-state index in [9.17, 15) is 0 Å². The van der Waals surface area contributed by atoms with Crippen molar-refractivity contribution in [3.63, 3.8) is 0 Å². The van der Waals surface area contributed by atoms with Crippen LogP contribution in [0, 0.1) is 0 Å². The third kappa shape index (κ3) is 4.19. The van der Waals surface area contributed by atoms with Crippen molar-refractivity contribution < 1.29 is 0 Å². The number of rotatable bonds is 6. The lowest BCUT2D eigenvalue weighted by Gasteiger charge is -2.34. The van der Waals surface area contributed by atoms with E-state index in [1.165, 1.54) is 37.3 Å².